The fourth-order valence-corrected chi connectivity index (χ4v) is 5.55. The van der Waals surface area contributed by atoms with Crippen molar-refractivity contribution in [3.63, 3.8) is 0 Å². The van der Waals surface area contributed by atoms with Crippen LogP contribution in [0.5, 0.6) is 5.75 Å². The molecule has 1 amide bonds. The van der Waals surface area contributed by atoms with Crippen molar-refractivity contribution in [3.05, 3.63) is 70.7 Å². The summed E-state index contributed by atoms with van der Waals surface area (Å²) < 4.78 is 6.70. The van der Waals surface area contributed by atoms with Crippen LogP contribution in [0.2, 0.25) is 0 Å². The summed E-state index contributed by atoms with van der Waals surface area (Å²) in [5, 5.41) is 7.76. The van der Waals surface area contributed by atoms with Gasteiger partial charge >= 0.3 is 0 Å². The van der Waals surface area contributed by atoms with E-state index in [1.807, 2.05) is 73.1 Å². The van der Waals surface area contributed by atoms with E-state index in [1.54, 1.807) is 23.1 Å². The monoisotopic (exact) mass is 467 g/mol. The van der Waals surface area contributed by atoms with E-state index in [0.717, 1.165) is 42.6 Å². The molecule has 5 nitrogen and oxygen atoms in total. The van der Waals surface area contributed by atoms with E-state index in [4.69, 9.17) is 4.74 Å². The van der Waals surface area contributed by atoms with Gasteiger partial charge in [0.15, 0.2) is 4.34 Å². The predicted molar refractivity (Wildman–Crippen MR) is 128 cm³/mol. The Hall–Kier alpha value is -2.68. The Labute approximate surface area is 193 Å². The van der Waals surface area contributed by atoms with Crippen molar-refractivity contribution in [2.24, 2.45) is 0 Å². The zero-order valence-electron chi connectivity index (χ0n) is 17.1. The highest BCUT2D eigenvalue weighted by Crippen LogP contribution is 2.33. The molecule has 2 heterocycles. The molecular weight excluding hydrogens is 446 g/mol. The Morgan fingerprint density at radius 2 is 1.87 bits per heavy atom. The molecule has 2 aromatic carbocycles. The van der Waals surface area contributed by atoms with Gasteiger partial charge in [0.05, 0.1) is 24.3 Å². The van der Waals surface area contributed by atoms with Crippen LogP contribution in [-0.4, -0.2) is 22.5 Å². The first kappa shape index (κ1) is 21.5. The molecule has 0 fully saturated rings. The summed E-state index contributed by atoms with van der Waals surface area (Å²) in [5.74, 6) is 0.715. The first-order valence-corrected chi connectivity index (χ1v) is 12.3. The maximum absolute atomic E-state index is 12.5. The number of ether oxygens (including phenoxy) is 1. The third kappa shape index (κ3) is 5.72. The van der Waals surface area contributed by atoms with Crippen LogP contribution in [-0.2, 0) is 11.2 Å². The van der Waals surface area contributed by atoms with Crippen molar-refractivity contribution in [1.82, 2.24) is 9.97 Å². The molecule has 0 aliphatic heterocycles. The van der Waals surface area contributed by atoms with Gasteiger partial charge in [-0.1, -0.05) is 23.9 Å². The van der Waals surface area contributed by atoms with Crippen molar-refractivity contribution in [2.75, 3.05) is 11.9 Å². The molecule has 158 valence electrons. The van der Waals surface area contributed by atoms with Gasteiger partial charge in [-0.3, -0.25) is 4.79 Å². The van der Waals surface area contributed by atoms with Gasteiger partial charge in [0.2, 0.25) is 5.91 Å². The van der Waals surface area contributed by atoms with Gasteiger partial charge in [0, 0.05) is 27.0 Å². The van der Waals surface area contributed by atoms with Crippen molar-refractivity contribution in [2.45, 2.75) is 29.5 Å². The van der Waals surface area contributed by atoms with Gasteiger partial charge in [-0.25, -0.2) is 9.97 Å². The quantitative estimate of drug-likeness (QED) is 0.329. The zero-order valence-corrected chi connectivity index (χ0v) is 19.6. The van der Waals surface area contributed by atoms with E-state index < -0.39 is 0 Å². The maximum Gasteiger partial charge on any atom is 0.230 e. The smallest absolute Gasteiger partial charge is 0.230 e. The van der Waals surface area contributed by atoms with Crippen LogP contribution in [0, 0.1) is 6.92 Å². The second-order valence-electron chi connectivity index (χ2n) is 6.68. The van der Waals surface area contributed by atoms with Gasteiger partial charge in [-0.15, -0.1) is 22.7 Å². The molecule has 0 saturated heterocycles. The molecule has 0 bridgehead atoms. The lowest BCUT2D eigenvalue weighted by Gasteiger charge is -2.07. The number of hydrogen-bond acceptors (Lipinski definition) is 7. The molecule has 0 unspecified atom stereocenters. The number of rotatable bonds is 8. The third-order valence-electron chi connectivity index (χ3n) is 4.25. The summed E-state index contributed by atoms with van der Waals surface area (Å²) in [6, 6.07) is 15.6. The summed E-state index contributed by atoms with van der Waals surface area (Å²) in [6.07, 6.45) is 0.224. The topological polar surface area (TPSA) is 64.1 Å². The summed E-state index contributed by atoms with van der Waals surface area (Å²) in [5.41, 5.74) is 3.49. The Morgan fingerprint density at radius 3 is 2.61 bits per heavy atom. The molecule has 0 spiro atoms. The number of para-hydroxylation sites is 1. The molecule has 0 aliphatic carbocycles. The molecule has 0 saturated carbocycles. The number of benzene rings is 2. The molecule has 0 atom stereocenters. The average molecular weight is 468 g/mol. The van der Waals surface area contributed by atoms with Crippen molar-refractivity contribution >= 4 is 46.0 Å². The standard InChI is InChI=1S/C23H21N3O2S3/c1-3-28-20-7-5-4-6-19(20)22-26-17(14-29-22)12-21(27)25-16-8-10-18(11-9-16)31-23-24-15(2)13-30-23/h4-11,13-14H,3,12H2,1-2H3,(H,25,27). The highest BCUT2D eigenvalue weighted by atomic mass is 32.2. The van der Waals surface area contributed by atoms with Gasteiger partial charge < -0.3 is 10.1 Å². The SMILES string of the molecule is CCOc1ccccc1-c1nc(CC(=O)Nc2ccc(Sc3nc(C)cs3)cc2)cs1. The zero-order chi connectivity index (χ0) is 21.6. The normalized spacial score (nSPS) is 10.8. The number of hydrogen-bond donors (Lipinski definition) is 1. The Kier molecular flexibility index (Phi) is 7.01. The molecule has 4 rings (SSSR count). The molecular formula is C23H21N3O2S3. The summed E-state index contributed by atoms with van der Waals surface area (Å²) in [7, 11) is 0. The minimum atomic E-state index is -0.0918. The molecule has 31 heavy (non-hydrogen) atoms. The molecule has 0 aliphatic rings. The van der Waals surface area contributed by atoms with Gasteiger partial charge in [0.25, 0.3) is 0 Å². The fraction of sp³-hybridized carbons (Fsp3) is 0.174. The lowest BCUT2D eigenvalue weighted by molar-refractivity contribution is -0.115. The summed E-state index contributed by atoms with van der Waals surface area (Å²) in [6.45, 7) is 4.54. The Morgan fingerprint density at radius 1 is 1.06 bits per heavy atom. The highest BCUT2D eigenvalue weighted by molar-refractivity contribution is 8.01. The first-order chi connectivity index (χ1) is 15.1. The number of carbonyl (C=O) groups is 1. The number of anilines is 1. The van der Waals surface area contributed by atoms with Gasteiger partial charge in [-0.05, 0) is 50.2 Å². The molecule has 0 radical (unpaired) electrons. The van der Waals surface area contributed by atoms with Crippen LogP contribution in [0.15, 0.2) is 68.5 Å². The van der Waals surface area contributed by atoms with Crippen LogP contribution in [0.3, 0.4) is 0 Å². The number of nitrogens with one attached hydrogen (secondary N) is 1. The Balaban J connectivity index is 1.36. The van der Waals surface area contributed by atoms with Crippen molar-refractivity contribution in [1.29, 1.82) is 0 Å². The van der Waals surface area contributed by atoms with E-state index in [2.05, 4.69) is 15.3 Å². The fourth-order valence-electron chi connectivity index (χ4n) is 2.89. The number of carbonyl (C=O) groups excluding carboxylic acids is 1. The van der Waals surface area contributed by atoms with Crippen LogP contribution in [0.1, 0.15) is 18.3 Å². The molecule has 4 aromatic rings. The van der Waals surface area contributed by atoms with Gasteiger partial charge in [-0.2, -0.15) is 0 Å². The van der Waals surface area contributed by atoms with Gasteiger partial charge in [0.1, 0.15) is 10.8 Å². The minimum absolute atomic E-state index is 0.0918. The Bertz CT molecular complexity index is 1170. The van der Waals surface area contributed by atoms with Crippen molar-refractivity contribution in [3.8, 4) is 16.3 Å². The maximum atomic E-state index is 12.5. The lowest BCUT2D eigenvalue weighted by atomic mass is 10.2. The molecule has 1 N–H and O–H groups in total. The van der Waals surface area contributed by atoms with E-state index in [1.165, 1.54) is 11.3 Å². The average Bonchev–Trinajstić information content (AvgIpc) is 3.39. The largest absolute Gasteiger partial charge is 0.493 e. The molecule has 2 aromatic heterocycles. The minimum Gasteiger partial charge on any atom is -0.493 e. The molecule has 8 heteroatoms. The number of aryl methyl sites for hydroxylation is 1. The van der Waals surface area contributed by atoms with Crippen molar-refractivity contribution < 1.29 is 9.53 Å². The second kappa shape index (κ2) is 10.1. The summed E-state index contributed by atoms with van der Waals surface area (Å²) in [4.78, 5) is 22.7. The van der Waals surface area contributed by atoms with E-state index in [0.29, 0.717) is 6.61 Å². The second-order valence-corrected chi connectivity index (χ2v) is 9.72. The number of thiazole rings is 2. The number of nitrogens with zero attached hydrogens (tertiary/aromatic N) is 2. The van der Waals surface area contributed by atoms with Crippen LogP contribution < -0.4 is 10.1 Å². The number of aromatic nitrogens is 2. The predicted octanol–water partition coefficient (Wildman–Crippen LogP) is 6.31. The van der Waals surface area contributed by atoms with Crippen LogP contribution >= 0.6 is 34.4 Å². The van der Waals surface area contributed by atoms with E-state index in [9.17, 15) is 4.79 Å². The third-order valence-corrected chi connectivity index (χ3v) is 7.24. The summed E-state index contributed by atoms with van der Waals surface area (Å²) >= 11 is 4.77. The van der Waals surface area contributed by atoms with E-state index >= 15 is 0 Å². The van der Waals surface area contributed by atoms with E-state index in [-0.39, 0.29) is 12.3 Å². The van der Waals surface area contributed by atoms with Crippen LogP contribution in [0.4, 0.5) is 5.69 Å². The highest BCUT2D eigenvalue weighted by Gasteiger charge is 2.13. The first-order valence-electron chi connectivity index (χ1n) is 9.77. The lowest BCUT2D eigenvalue weighted by Crippen LogP contribution is -2.14. The number of amides is 1. The van der Waals surface area contributed by atoms with Crippen LogP contribution in [0.25, 0.3) is 10.6 Å².